The predicted molar refractivity (Wildman–Crippen MR) is 74.7 cm³/mol. The molecule has 0 aliphatic carbocycles. The maximum absolute atomic E-state index is 4.30. The van der Waals surface area contributed by atoms with Gasteiger partial charge in [0.25, 0.3) is 0 Å². The first kappa shape index (κ1) is 15.6. The van der Waals surface area contributed by atoms with Crippen LogP contribution >= 0.6 is 0 Å². The maximum atomic E-state index is 4.30. The molecule has 1 aromatic rings. The minimum absolute atomic E-state index is 0.894. The molecule has 3 nitrogen and oxygen atoms in total. The molecule has 0 atom stereocenters. The third kappa shape index (κ3) is 4.98. The van der Waals surface area contributed by atoms with Crippen molar-refractivity contribution >= 4 is 5.69 Å². The molecule has 0 fully saturated rings. The number of benzene rings is 1. The Morgan fingerprint density at radius 1 is 1.00 bits per heavy atom. The molecular weight excluding hydrogens is 210 g/mol. The van der Waals surface area contributed by atoms with Gasteiger partial charge in [-0.3, -0.25) is 5.01 Å². The van der Waals surface area contributed by atoms with Crippen LogP contribution < -0.4 is 0 Å². The molecular formula is C14H25N3. The summed E-state index contributed by atoms with van der Waals surface area (Å²) in [4.78, 5) is 0. The molecule has 0 saturated carbocycles. The molecule has 0 unspecified atom stereocenters. The summed E-state index contributed by atoms with van der Waals surface area (Å²) >= 11 is 0. The third-order valence-corrected chi connectivity index (χ3v) is 2.44. The largest absolute Gasteiger partial charge is 0.279 e. The molecule has 0 amide bonds. The van der Waals surface area contributed by atoms with Gasteiger partial charge in [-0.2, -0.15) is 0 Å². The fourth-order valence-corrected chi connectivity index (χ4v) is 1.42. The van der Waals surface area contributed by atoms with Gasteiger partial charge in [-0.25, -0.2) is 0 Å². The first-order valence-corrected chi connectivity index (χ1v) is 6.41. The molecule has 1 rings (SSSR count). The molecule has 0 aliphatic heterocycles. The second-order valence-corrected chi connectivity index (χ2v) is 3.57. The summed E-state index contributed by atoms with van der Waals surface area (Å²) in [6.45, 7) is 14.1. The Bertz CT molecular complexity index is 321. The molecule has 1 aromatic carbocycles. The van der Waals surface area contributed by atoms with E-state index < -0.39 is 0 Å². The summed E-state index contributed by atoms with van der Waals surface area (Å²) < 4.78 is 0. The van der Waals surface area contributed by atoms with Crippen LogP contribution in [0.25, 0.3) is 0 Å². The normalized spacial score (nSPS) is 10.0. The standard InChI is InChI=1S/C12H19N3.C2H6/c1-5-15(6-2)14-13-12-10(3)8-7-9-11(12)4;1-2/h7-9H,5-6H2,1-4H3;1-2H3. The SMILES string of the molecule is CC.CCN(CC)N=Nc1c(C)cccc1C. The highest BCUT2D eigenvalue weighted by Gasteiger charge is 2.00. The Morgan fingerprint density at radius 3 is 1.88 bits per heavy atom. The first-order valence-electron chi connectivity index (χ1n) is 6.41. The van der Waals surface area contributed by atoms with Gasteiger partial charge in [-0.05, 0) is 38.8 Å². The molecule has 0 saturated heterocycles. The van der Waals surface area contributed by atoms with Crippen molar-refractivity contribution < 1.29 is 0 Å². The second-order valence-electron chi connectivity index (χ2n) is 3.57. The van der Waals surface area contributed by atoms with E-state index in [0.717, 1.165) is 18.8 Å². The zero-order valence-corrected chi connectivity index (χ0v) is 12.0. The van der Waals surface area contributed by atoms with E-state index >= 15 is 0 Å². The topological polar surface area (TPSA) is 28.0 Å². The molecule has 17 heavy (non-hydrogen) atoms. The highest BCUT2D eigenvalue weighted by Crippen LogP contribution is 2.23. The summed E-state index contributed by atoms with van der Waals surface area (Å²) in [5, 5.41) is 10.4. The summed E-state index contributed by atoms with van der Waals surface area (Å²) in [6.07, 6.45) is 0. The molecule has 96 valence electrons. The fourth-order valence-electron chi connectivity index (χ4n) is 1.42. The Labute approximate surface area is 106 Å². The van der Waals surface area contributed by atoms with Crippen molar-refractivity contribution in [2.75, 3.05) is 13.1 Å². The van der Waals surface area contributed by atoms with Crippen molar-refractivity contribution in [1.29, 1.82) is 0 Å². The molecule has 0 radical (unpaired) electrons. The van der Waals surface area contributed by atoms with E-state index in [1.807, 2.05) is 24.9 Å². The molecule has 0 N–H and O–H groups in total. The Kier molecular flexibility index (Phi) is 8.03. The van der Waals surface area contributed by atoms with Crippen LogP contribution in [0.15, 0.2) is 28.5 Å². The Balaban J connectivity index is 0.00000121. The fraction of sp³-hybridized carbons (Fsp3) is 0.571. The van der Waals surface area contributed by atoms with E-state index in [0.29, 0.717) is 0 Å². The van der Waals surface area contributed by atoms with Crippen molar-refractivity contribution in [3.8, 4) is 0 Å². The Hall–Kier alpha value is -1.38. The van der Waals surface area contributed by atoms with Gasteiger partial charge in [0.2, 0.25) is 0 Å². The van der Waals surface area contributed by atoms with E-state index in [2.05, 4.69) is 50.2 Å². The van der Waals surface area contributed by atoms with Gasteiger partial charge in [0.05, 0.1) is 5.69 Å². The maximum Gasteiger partial charge on any atom is 0.0932 e. The summed E-state index contributed by atoms with van der Waals surface area (Å²) in [5.74, 6) is 0. The summed E-state index contributed by atoms with van der Waals surface area (Å²) in [6, 6.07) is 6.16. The van der Waals surface area contributed by atoms with E-state index in [-0.39, 0.29) is 0 Å². The zero-order valence-electron chi connectivity index (χ0n) is 12.0. The van der Waals surface area contributed by atoms with Gasteiger partial charge in [-0.15, -0.1) is 5.11 Å². The van der Waals surface area contributed by atoms with Crippen LogP contribution in [0, 0.1) is 13.8 Å². The lowest BCUT2D eigenvalue weighted by atomic mass is 10.1. The average molecular weight is 235 g/mol. The van der Waals surface area contributed by atoms with Crippen LogP contribution in [0.5, 0.6) is 0 Å². The van der Waals surface area contributed by atoms with Crippen LogP contribution in [0.1, 0.15) is 38.8 Å². The van der Waals surface area contributed by atoms with Crippen molar-refractivity contribution in [2.24, 2.45) is 10.3 Å². The van der Waals surface area contributed by atoms with Gasteiger partial charge in [-0.1, -0.05) is 37.3 Å². The van der Waals surface area contributed by atoms with Crippen LogP contribution in [-0.4, -0.2) is 18.1 Å². The minimum Gasteiger partial charge on any atom is -0.279 e. The van der Waals surface area contributed by atoms with E-state index in [1.165, 1.54) is 11.1 Å². The molecule has 0 spiro atoms. The summed E-state index contributed by atoms with van der Waals surface area (Å²) in [7, 11) is 0. The number of nitrogens with zero attached hydrogens (tertiary/aromatic N) is 3. The van der Waals surface area contributed by atoms with Crippen molar-refractivity contribution in [1.82, 2.24) is 5.01 Å². The zero-order chi connectivity index (χ0) is 13.3. The minimum atomic E-state index is 0.894. The van der Waals surface area contributed by atoms with Crippen molar-refractivity contribution in [2.45, 2.75) is 41.5 Å². The van der Waals surface area contributed by atoms with E-state index in [9.17, 15) is 0 Å². The number of rotatable bonds is 4. The van der Waals surface area contributed by atoms with Crippen LogP contribution in [0.2, 0.25) is 0 Å². The van der Waals surface area contributed by atoms with Gasteiger partial charge in [0, 0.05) is 13.1 Å². The highest BCUT2D eigenvalue weighted by molar-refractivity contribution is 5.50. The highest BCUT2D eigenvalue weighted by atomic mass is 15.5. The summed E-state index contributed by atoms with van der Waals surface area (Å²) in [5.41, 5.74) is 3.33. The van der Waals surface area contributed by atoms with Crippen LogP contribution in [0.3, 0.4) is 0 Å². The smallest absolute Gasteiger partial charge is 0.0932 e. The van der Waals surface area contributed by atoms with E-state index in [4.69, 9.17) is 0 Å². The lowest BCUT2D eigenvalue weighted by Gasteiger charge is -2.12. The second kappa shape index (κ2) is 8.74. The predicted octanol–water partition coefficient (Wildman–Crippen LogP) is 4.67. The molecule has 0 heterocycles. The molecule has 0 aromatic heterocycles. The van der Waals surface area contributed by atoms with E-state index in [1.54, 1.807) is 0 Å². The third-order valence-electron chi connectivity index (χ3n) is 2.44. The number of aryl methyl sites for hydroxylation is 2. The lowest BCUT2D eigenvalue weighted by Crippen LogP contribution is -2.14. The molecule has 0 bridgehead atoms. The molecule has 3 heteroatoms. The first-order chi connectivity index (χ1) is 8.19. The van der Waals surface area contributed by atoms with Gasteiger partial charge >= 0.3 is 0 Å². The monoisotopic (exact) mass is 235 g/mol. The van der Waals surface area contributed by atoms with Crippen LogP contribution in [-0.2, 0) is 0 Å². The quantitative estimate of drug-likeness (QED) is 0.550. The lowest BCUT2D eigenvalue weighted by molar-refractivity contribution is 0.300. The number of hydrogen-bond donors (Lipinski definition) is 0. The van der Waals surface area contributed by atoms with Crippen LogP contribution in [0.4, 0.5) is 5.69 Å². The van der Waals surface area contributed by atoms with Gasteiger partial charge in [0.15, 0.2) is 0 Å². The van der Waals surface area contributed by atoms with Gasteiger partial charge in [0.1, 0.15) is 0 Å². The van der Waals surface area contributed by atoms with Crippen molar-refractivity contribution in [3.05, 3.63) is 29.3 Å². The Morgan fingerprint density at radius 2 is 1.47 bits per heavy atom. The molecule has 0 aliphatic rings. The number of hydrogen-bond acceptors (Lipinski definition) is 2. The average Bonchev–Trinajstić information content (AvgIpc) is 2.36. The van der Waals surface area contributed by atoms with Crippen molar-refractivity contribution in [3.63, 3.8) is 0 Å². The van der Waals surface area contributed by atoms with Gasteiger partial charge < -0.3 is 0 Å².